The lowest BCUT2D eigenvalue weighted by Gasteiger charge is -2.14. The van der Waals surface area contributed by atoms with Crippen molar-refractivity contribution >= 4 is 11.8 Å². The van der Waals surface area contributed by atoms with Crippen molar-refractivity contribution in [2.75, 3.05) is 5.75 Å². The van der Waals surface area contributed by atoms with E-state index in [0.717, 1.165) is 12.2 Å². The molecule has 1 rings (SSSR count). The summed E-state index contributed by atoms with van der Waals surface area (Å²) in [5.74, 6) is 0.835. The van der Waals surface area contributed by atoms with Gasteiger partial charge >= 0.3 is 0 Å². The highest BCUT2D eigenvalue weighted by atomic mass is 32.2. The fourth-order valence-corrected chi connectivity index (χ4v) is 2.82. The first kappa shape index (κ1) is 14.6. The molecule has 2 heteroatoms. The van der Waals surface area contributed by atoms with E-state index in [1.807, 2.05) is 11.8 Å². The first-order chi connectivity index (χ1) is 8.01. The van der Waals surface area contributed by atoms with Crippen molar-refractivity contribution in [3.05, 3.63) is 34.9 Å². The molecule has 0 aromatic heterocycles. The van der Waals surface area contributed by atoms with Crippen molar-refractivity contribution in [1.82, 2.24) is 0 Å². The Morgan fingerprint density at radius 3 is 2.29 bits per heavy atom. The third-order valence-corrected chi connectivity index (χ3v) is 4.38. The smallest absolute Gasteiger partial charge is 0.0670 e. The van der Waals surface area contributed by atoms with Crippen LogP contribution in [0.25, 0.3) is 0 Å². The lowest BCUT2D eigenvalue weighted by Crippen LogP contribution is -2.15. The molecule has 0 aliphatic rings. The van der Waals surface area contributed by atoms with Crippen LogP contribution in [0.15, 0.2) is 18.2 Å². The van der Waals surface area contributed by atoms with Crippen molar-refractivity contribution in [2.45, 2.75) is 51.9 Å². The maximum Gasteiger partial charge on any atom is 0.0670 e. The van der Waals surface area contributed by atoms with E-state index >= 15 is 0 Å². The van der Waals surface area contributed by atoms with Gasteiger partial charge in [0.1, 0.15) is 0 Å². The van der Waals surface area contributed by atoms with Crippen molar-refractivity contribution in [3.63, 3.8) is 0 Å². The van der Waals surface area contributed by atoms with Gasteiger partial charge in [0.2, 0.25) is 0 Å². The van der Waals surface area contributed by atoms with Crippen molar-refractivity contribution < 1.29 is 5.11 Å². The van der Waals surface area contributed by atoms with Gasteiger partial charge in [-0.3, -0.25) is 0 Å². The fourth-order valence-electron chi connectivity index (χ4n) is 1.91. The topological polar surface area (TPSA) is 20.2 Å². The summed E-state index contributed by atoms with van der Waals surface area (Å²) in [5, 5.41) is 10.7. The zero-order chi connectivity index (χ0) is 12.8. The van der Waals surface area contributed by atoms with E-state index in [4.69, 9.17) is 0 Å². The Morgan fingerprint density at radius 2 is 1.76 bits per heavy atom. The zero-order valence-electron chi connectivity index (χ0n) is 11.4. The fraction of sp³-hybridized carbons (Fsp3) is 0.600. The number of hydrogen-bond acceptors (Lipinski definition) is 2. The van der Waals surface area contributed by atoms with Gasteiger partial charge in [-0.1, -0.05) is 43.2 Å². The van der Waals surface area contributed by atoms with Crippen LogP contribution in [0.3, 0.4) is 0 Å². The molecule has 1 aromatic carbocycles. The Labute approximate surface area is 110 Å². The number of hydrogen-bond donors (Lipinski definition) is 1. The Balaban J connectivity index is 2.47. The van der Waals surface area contributed by atoms with Crippen molar-refractivity contribution in [2.24, 2.45) is 0 Å². The Hall–Kier alpha value is -0.470. The number of rotatable bonds is 6. The average Bonchev–Trinajstić information content (AvgIpc) is 2.24. The van der Waals surface area contributed by atoms with Crippen LogP contribution in [0, 0.1) is 13.8 Å². The minimum atomic E-state index is -0.227. The summed E-state index contributed by atoms with van der Waals surface area (Å²) in [6, 6.07) is 6.51. The van der Waals surface area contributed by atoms with Crippen LogP contribution in [0.5, 0.6) is 0 Å². The predicted octanol–water partition coefficient (Wildman–Crippen LogP) is 3.74. The van der Waals surface area contributed by atoms with Crippen LogP contribution >= 0.6 is 11.8 Å². The van der Waals surface area contributed by atoms with E-state index in [0.29, 0.717) is 5.25 Å². The minimum Gasteiger partial charge on any atom is -0.392 e. The summed E-state index contributed by atoms with van der Waals surface area (Å²) in [7, 11) is 0. The summed E-state index contributed by atoms with van der Waals surface area (Å²) in [6.07, 6.45) is 1.71. The summed E-state index contributed by atoms with van der Waals surface area (Å²) < 4.78 is 0. The Bertz CT molecular complexity index is 329. The molecule has 17 heavy (non-hydrogen) atoms. The summed E-state index contributed by atoms with van der Waals surface area (Å²) in [6.45, 7) is 8.62. The van der Waals surface area contributed by atoms with Crippen molar-refractivity contribution in [1.29, 1.82) is 0 Å². The predicted molar refractivity (Wildman–Crippen MR) is 77.8 cm³/mol. The third-order valence-electron chi connectivity index (χ3n) is 2.90. The van der Waals surface area contributed by atoms with Crippen LogP contribution < -0.4 is 0 Å². The molecule has 0 spiro atoms. The van der Waals surface area contributed by atoms with Gasteiger partial charge in [-0.15, -0.1) is 0 Å². The summed E-state index contributed by atoms with van der Waals surface area (Å²) in [4.78, 5) is 0. The average molecular weight is 252 g/mol. The van der Waals surface area contributed by atoms with E-state index in [-0.39, 0.29) is 6.10 Å². The summed E-state index contributed by atoms with van der Waals surface area (Å²) >= 11 is 1.86. The maximum atomic E-state index is 10.0. The molecular weight excluding hydrogens is 228 g/mol. The molecule has 0 saturated heterocycles. The van der Waals surface area contributed by atoms with Gasteiger partial charge in [0.05, 0.1) is 6.10 Å². The number of aliphatic hydroxyl groups excluding tert-OH is 1. The van der Waals surface area contributed by atoms with E-state index in [9.17, 15) is 5.11 Å². The van der Waals surface area contributed by atoms with Gasteiger partial charge in [-0.2, -0.15) is 11.8 Å². The molecule has 1 nitrogen and oxygen atoms in total. The van der Waals surface area contributed by atoms with Gasteiger partial charge in [0.15, 0.2) is 0 Å². The first-order valence-corrected chi connectivity index (χ1v) is 7.43. The molecule has 96 valence electrons. The lowest BCUT2D eigenvalue weighted by atomic mass is 10.0. The third kappa shape index (κ3) is 5.60. The molecule has 0 bridgehead atoms. The molecular formula is C15H24OS. The second-order valence-electron chi connectivity index (χ2n) is 4.91. The molecule has 0 radical (unpaired) electrons. The number of thioether (sulfide) groups is 1. The first-order valence-electron chi connectivity index (χ1n) is 6.38. The SMILES string of the molecule is CCC(C)SCC(O)Cc1cc(C)cc(C)c1. The second kappa shape index (κ2) is 7.07. The molecule has 0 saturated carbocycles. The van der Waals surface area contributed by atoms with Gasteiger partial charge in [-0.25, -0.2) is 0 Å². The minimum absolute atomic E-state index is 0.227. The quantitative estimate of drug-likeness (QED) is 0.832. The van der Waals surface area contributed by atoms with Crippen LogP contribution in [0.4, 0.5) is 0 Å². The van der Waals surface area contributed by atoms with E-state index in [2.05, 4.69) is 45.9 Å². The van der Waals surface area contributed by atoms with Gasteiger partial charge in [-0.05, 0) is 32.3 Å². The van der Waals surface area contributed by atoms with E-state index in [1.165, 1.54) is 23.1 Å². The van der Waals surface area contributed by atoms with Crippen LogP contribution in [0.1, 0.15) is 37.0 Å². The highest BCUT2D eigenvalue weighted by Crippen LogP contribution is 2.17. The van der Waals surface area contributed by atoms with Crippen LogP contribution in [-0.2, 0) is 6.42 Å². The van der Waals surface area contributed by atoms with E-state index < -0.39 is 0 Å². The van der Waals surface area contributed by atoms with Crippen molar-refractivity contribution in [3.8, 4) is 0 Å². The molecule has 2 atom stereocenters. The molecule has 0 amide bonds. The Kier molecular flexibility index (Phi) is 6.07. The molecule has 0 aliphatic heterocycles. The number of aryl methyl sites for hydroxylation is 2. The lowest BCUT2D eigenvalue weighted by molar-refractivity contribution is 0.200. The monoisotopic (exact) mass is 252 g/mol. The summed E-state index contributed by atoms with van der Waals surface area (Å²) in [5.41, 5.74) is 3.81. The highest BCUT2D eigenvalue weighted by Gasteiger charge is 2.08. The largest absolute Gasteiger partial charge is 0.392 e. The maximum absolute atomic E-state index is 10.0. The number of aliphatic hydroxyl groups is 1. The van der Waals surface area contributed by atoms with Gasteiger partial charge in [0.25, 0.3) is 0 Å². The standard InChI is InChI=1S/C15H24OS/c1-5-13(4)17-10-15(16)9-14-7-11(2)6-12(3)8-14/h6-8,13,15-16H,5,9-10H2,1-4H3. The molecule has 1 aromatic rings. The van der Waals surface area contributed by atoms with Crippen LogP contribution in [-0.4, -0.2) is 22.2 Å². The van der Waals surface area contributed by atoms with Gasteiger partial charge in [0, 0.05) is 11.0 Å². The van der Waals surface area contributed by atoms with Crippen LogP contribution in [0.2, 0.25) is 0 Å². The van der Waals surface area contributed by atoms with Gasteiger partial charge < -0.3 is 5.11 Å². The normalized spacial score (nSPS) is 14.6. The highest BCUT2D eigenvalue weighted by molar-refractivity contribution is 7.99. The molecule has 0 aliphatic carbocycles. The second-order valence-corrected chi connectivity index (χ2v) is 6.38. The Morgan fingerprint density at radius 1 is 1.18 bits per heavy atom. The number of benzene rings is 1. The molecule has 2 unspecified atom stereocenters. The van der Waals surface area contributed by atoms with E-state index in [1.54, 1.807) is 0 Å². The molecule has 0 heterocycles. The zero-order valence-corrected chi connectivity index (χ0v) is 12.2. The molecule has 0 fully saturated rings. The molecule has 1 N–H and O–H groups in total.